The fourth-order valence-corrected chi connectivity index (χ4v) is 0.599. The number of rotatable bonds is 5. The summed E-state index contributed by atoms with van der Waals surface area (Å²) in [7, 11) is 0. The number of hydrogen-bond donors (Lipinski definition) is 3. The van der Waals surface area contributed by atoms with Crippen molar-refractivity contribution in [3.63, 3.8) is 0 Å². The average molecular weight is 159 g/mol. The maximum atomic E-state index is 9.29. The molecule has 0 spiro atoms. The van der Waals surface area contributed by atoms with Gasteiger partial charge in [0.25, 0.3) is 0 Å². The van der Waals surface area contributed by atoms with Crippen LogP contribution in [-0.2, 0) is 0 Å². The van der Waals surface area contributed by atoms with Gasteiger partial charge >= 0.3 is 0 Å². The Balaban J connectivity index is 3.37. The third-order valence-electron chi connectivity index (χ3n) is 1.34. The van der Waals surface area contributed by atoms with Crippen molar-refractivity contribution >= 4 is 0 Å². The quantitative estimate of drug-likeness (QED) is 0.388. The topological polar surface area (TPSA) is 52.5 Å². The lowest BCUT2D eigenvalue weighted by Gasteiger charge is -2.19. The predicted molar refractivity (Wildman–Crippen MR) is 45.4 cm³/mol. The van der Waals surface area contributed by atoms with Crippen LogP contribution in [0.15, 0.2) is 12.2 Å². The molecule has 0 aliphatic rings. The molecule has 3 heteroatoms. The van der Waals surface area contributed by atoms with Crippen LogP contribution in [0.3, 0.4) is 0 Å². The van der Waals surface area contributed by atoms with E-state index in [4.69, 9.17) is 5.11 Å². The van der Waals surface area contributed by atoms with Gasteiger partial charge < -0.3 is 15.5 Å². The van der Waals surface area contributed by atoms with Crippen molar-refractivity contribution in [1.29, 1.82) is 0 Å². The molecule has 1 atom stereocenters. The third kappa shape index (κ3) is 6.04. The number of aliphatic hydroxyl groups excluding tert-OH is 1. The lowest BCUT2D eigenvalue weighted by Crippen LogP contribution is -2.40. The van der Waals surface area contributed by atoms with Gasteiger partial charge in [0.1, 0.15) is 0 Å². The summed E-state index contributed by atoms with van der Waals surface area (Å²) in [5, 5.41) is 20.9. The largest absolute Gasteiger partial charge is 0.393 e. The summed E-state index contributed by atoms with van der Waals surface area (Å²) >= 11 is 0. The Morgan fingerprint density at radius 1 is 1.55 bits per heavy atom. The van der Waals surface area contributed by atoms with E-state index in [1.165, 1.54) is 0 Å². The predicted octanol–water partition coefficient (Wildman–Crippen LogP) is -0.105. The first-order valence-corrected chi connectivity index (χ1v) is 3.77. The number of aliphatic hydroxyl groups is 2. The minimum Gasteiger partial charge on any atom is -0.393 e. The molecule has 0 aliphatic heterocycles. The van der Waals surface area contributed by atoms with Crippen molar-refractivity contribution in [1.82, 2.24) is 5.32 Å². The highest BCUT2D eigenvalue weighted by atomic mass is 16.3. The molecule has 0 radical (unpaired) electrons. The van der Waals surface area contributed by atoms with Crippen molar-refractivity contribution in [2.75, 3.05) is 19.7 Å². The smallest absolute Gasteiger partial charge is 0.0972 e. The lowest BCUT2D eigenvalue weighted by molar-refractivity contribution is 0.00349. The first-order valence-electron chi connectivity index (χ1n) is 3.77. The highest BCUT2D eigenvalue weighted by Gasteiger charge is 2.16. The van der Waals surface area contributed by atoms with Gasteiger partial charge in [0.15, 0.2) is 0 Å². The van der Waals surface area contributed by atoms with Crippen LogP contribution in [0.4, 0.5) is 0 Å². The minimum absolute atomic E-state index is 0.212. The van der Waals surface area contributed by atoms with E-state index in [0.29, 0.717) is 6.54 Å². The monoisotopic (exact) mass is 159 g/mol. The van der Waals surface area contributed by atoms with Crippen LogP contribution in [0.5, 0.6) is 0 Å². The normalized spacial score (nSPS) is 17.1. The van der Waals surface area contributed by atoms with Crippen LogP contribution >= 0.6 is 0 Å². The molecule has 0 rings (SSSR count). The molecule has 0 heterocycles. The standard InChI is InChI=1S/C8H17NO2/c1-3-4-5-9-6-8(2,11)7-10/h3-4,9-11H,5-7H2,1-2H3/b4-3+. The van der Waals surface area contributed by atoms with Gasteiger partial charge in [-0.2, -0.15) is 0 Å². The molecule has 1 unspecified atom stereocenters. The fourth-order valence-electron chi connectivity index (χ4n) is 0.599. The molecule has 11 heavy (non-hydrogen) atoms. The molecular weight excluding hydrogens is 142 g/mol. The molecule has 0 fully saturated rings. The van der Waals surface area contributed by atoms with Crippen molar-refractivity contribution in [2.45, 2.75) is 19.4 Å². The zero-order chi connectivity index (χ0) is 8.74. The van der Waals surface area contributed by atoms with Crippen LogP contribution in [0, 0.1) is 0 Å². The Hall–Kier alpha value is -0.380. The second-order valence-corrected chi connectivity index (χ2v) is 2.85. The Bertz CT molecular complexity index is 121. The first-order chi connectivity index (χ1) is 5.12. The Labute approximate surface area is 67.7 Å². The zero-order valence-electron chi connectivity index (χ0n) is 7.17. The van der Waals surface area contributed by atoms with E-state index in [1.807, 2.05) is 19.1 Å². The molecule has 0 bridgehead atoms. The van der Waals surface area contributed by atoms with Gasteiger partial charge in [-0.25, -0.2) is 0 Å². The minimum atomic E-state index is -0.998. The second-order valence-electron chi connectivity index (χ2n) is 2.85. The highest BCUT2D eigenvalue weighted by molar-refractivity contribution is 4.82. The van der Waals surface area contributed by atoms with Crippen molar-refractivity contribution in [2.24, 2.45) is 0 Å². The van der Waals surface area contributed by atoms with Crippen LogP contribution in [0.25, 0.3) is 0 Å². The number of nitrogens with one attached hydrogen (secondary N) is 1. The van der Waals surface area contributed by atoms with Crippen molar-refractivity contribution in [3.05, 3.63) is 12.2 Å². The molecule has 66 valence electrons. The molecule has 0 aliphatic carbocycles. The van der Waals surface area contributed by atoms with E-state index >= 15 is 0 Å². The molecule has 0 saturated carbocycles. The van der Waals surface area contributed by atoms with Gasteiger partial charge in [0, 0.05) is 13.1 Å². The van der Waals surface area contributed by atoms with Crippen LogP contribution in [-0.4, -0.2) is 35.5 Å². The maximum absolute atomic E-state index is 9.29. The van der Waals surface area contributed by atoms with E-state index < -0.39 is 5.60 Å². The van der Waals surface area contributed by atoms with Gasteiger partial charge in [0.2, 0.25) is 0 Å². The van der Waals surface area contributed by atoms with E-state index in [0.717, 1.165) is 6.54 Å². The van der Waals surface area contributed by atoms with Crippen molar-refractivity contribution < 1.29 is 10.2 Å². The average Bonchev–Trinajstić information content (AvgIpc) is 1.99. The van der Waals surface area contributed by atoms with Gasteiger partial charge in [-0.05, 0) is 13.8 Å². The summed E-state index contributed by atoms with van der Waals surface area (Å²) < 4.78 is 0. The summed E-state index contributed by atoms with van der Waals surface area (Å²) in [4.78, 5) is 0. The SMILES string of the molecule is C/C=C/CNCC(C)(O)CO. The fraction of sp³-hybridized carbons (Fsp3) is 0.750. The summed E-state index contributed by atoms with van der Waals surface area (Å²) in [5.74, 6) is 0. The lowest BCUT2D eigenvalue weighted by atomic mass is 10.1. The highest BCUT2D eigenvalue weighted by Crippen LogP contribution is 1.97. The molecule has 0 aromatic rings. The van der Waals surface area contributed by atoms with Gasteiger partial charge in [0.05, 0.1) is 12.2 Å². The summed E-state index contributed by atoms with van der Waals surface area (Å²) in [6, 6.07) is 0. The third-order valence-corrected chi connectivity index (χ3v) is 1.34. The molecule has 0 saturated heterocycles. The number of allylic oxidation sites excluding steroid dienone is 1. The van der Waals surface area contributed by atoms with Gasteiger partial charge in [-0.15, -0.1) is 0 Å². The van der Waals surface area contributed by atoms with E-state index in [9.17, 15) is 5.11 Å². The first kappa shape index (κ1) is 10.6. The van der Waals surface area contributed by atoms with E-state index in [1.54, 1.807) is 6.92 Å². The molecular formula is C8H17NO2. The Morgan fingerprint density at radius 3 is 2.64 bits per heavy atom. The zero-order valence-corrected chi connectivity index (χ0v) is 7.17. The van der Waals surface area contributed by atoms with Crippen LogP contribution in [0.2, 0.25) is 0 Å². The Kier molecular flexibility index (Phi) is 5.11. The number of hydrogen-bond acceptors (Lipinski definition) is 3. The molecule has 0 aromatic carbocycles. The molecule has 3 N–H and O–H groups in total. The van der Waals surface area contributed by atoms with Gasteiger partial charge in [-0.3, -0.25) is 0 Å². The summed E-state index contributed by atoms with van der Waals surface area (Å²) in [6.45, 7) is 4.46. The van der Waals surface area contributed by atoms with Crippen LogP contribution in [0.1, 0.15) is 13.8 Å². The summed E-state index contributed by atoms with van der Waals surface area (Å²) in [6.07, 6.45) is 3.88. The van der Waals surface area contributed by atoms with Crippen LogP contribution < -0.4 is 5.32 Å². The molecule has 0 aromatic heterocycles. The van der Waals surface area contributed by atoms with Crippen molar-refractivity contribution in [3.8, 4) is 0 Å². The van der Waals surface area contributed by atoms with E-state index in [-0.39, 0.29) is 6.61 Å². The molecule has 0 amide bonds. The summed E-state index contributed by atoms with van der Waals surface area (Å²) in [5.41, 5.74) is -0.998. The second kappa shape index (κ2) is 5.29. The molecule has 3 nitrogen and oxygen atoms in total. The van der Waals surface area contributed by atoms with E-state index in [2.05, 4.69) is 5.32 Å². The Morgan fingerprint density at radius 2 is 2.18 bits per heavy atom. The van der Waals surface area contributed by atoms with Gasteiger partial charge in [-0.1, -0.05) is 12.2 Å². The maximum Gasteiger partial charge on any atom is 0.0972 e.